The summed E-state index contributed by atoms with van der Waals surface area (Å²) in [7, 11) is 0. The Morgan fingerprint density at radius 2 is 2.15 bits per heavy atom. The lowest BCUT2D eigenvalue weighted by atomic mass is 10.0. The van der Waals surface area contributed by atoms with Gasteiger partial charge in [-0.3, -0.25) is 9.59 Å². The van der Waals surface area contributed by atoms with Crippen molar-refractivity contribution in [2.75, 3.05) is 13.1 Å². The Morgan fingerprint density at radius 1 is 1.35 bits per heavy atom. The predicted octanol–water partition coefficient (Wildman–Crippen LogP) is 1.57. The predicted molar refractivity (Wildman–Crippen MR) is 97.5 cm³/mol. The summed E-state index contributed by atoms with van der Waals surface area (Å²) >= 11 is 0. The zero-order valence-corrected chi connectivity index (χ0v) is 15.2. The van der Waals surface area contributed by atoms with E-state index in [1.807, 2.05) is 17.0 Å². The molecule has 0 fully saturated rings. The van der Waals surface area contributed by atoms with Crippen LogP contribution < -0.4 is 10.3 Å². The van der Waals surface area contributed by atoms with Gasteiger partial charge in [-0.2, -0.15) is 0 Å². The third kappa shape index (κ3) is 3.23. The van der Waals surface area contributed by atoms with Crippen LogP contribution in [0.1, 0.15) is 35.1 Å². The lowest BCUT2D eigenvalue weighted by Gasteiger charge is -2.20. The first-order valence-corrected chi connectivity index (χ1v) is 9.14. The molecule has 1 N–H and O–H groups in total. The number of aryl methyl sites for hydroxylation is 1. The number of nitrogens with one attached hydrogen (secondary N) is 1. The molecule has 2 aromatic rings. The first-order chi connectivity index (χ1) is 12.5. The number of aromatic amines is 1. The van der Waals surface area contributed by atoms with Crippen LogP contribution in [-0.4, -0.2) is 40.0 Å². The van der Waals surface area contributed by atoms with Crippen LogP contribution in [0.15, 0.2) is 23.0 Å². The fourth-order valence-corrected chi connectivity index (χ4v) is 3.85. The molecular formula is C20H23N3O3. The van der Waals surface area contributed by atoms with E-state index in [1.54, 1.807) is 6.92 Å². The van der Waals surface area contributed by atoms with Gasteiger partial charge in [-0.1, -0.05) is 12.1 Å². The van der Waals surface area contributed by atoms with Crippen molar-refractivity contribution in [1.29, 1.82) is 0 Å². The topological polar surface area (TPSA) is 75.3 Å². The van der Waals surface area contributed by atoms with Crippen molar-refractivity contribution in [2.24, 2.45) is 0 Å². The molecule has 136 valence electrons. The van der Waals surface area contributed by atoms with Gasteiger partial charge >= 0.3 is 0 Å². The van der Waals surface area contributed by atoms with Crippen LogP contribution in [0.5, 0.6) is 5.75 Å². The van der Waals surface area contributed by atoms with Crippen LogP contribution in [0.4, 0.5) is 0 Å². The van der Waals surface area contributed by atoms with Crippen LogP contribution in [-0.2, 0) is 30.5 Å². The summed E-state index contributed by atoms with van der Waals surface area (Å²) in [6, 6.07) is 6.02. The van der Waals surface area contributed by atoms with Gasteiger partial charge in [0.2, 0.25) is 5.91 Å². The minimum absolute atomic E-state index is 0.0745. The molecule has 0 bridgehead atoms. The Labute approximate surface area is 152 Å². The van der Waals surface area contributed by atoms with Crippen molar-refractivity contribution in [1.82, 2.24) is 14.9 Å². The second-order valence-electron chi connectivity index (χ2n) is 7.21. The Bertz CT molecular complexity index is 919. The fourth-order valence-electron chi connectivity index (χ4n) is 3.85. The Balaban J connectivity index is 1.46. The smallest absolute Gasteiger partial charge is 0.254 e. The van der Waals surface area contributed by atoms with E-state index in [-0.39, 0.29) is 17.6 Å². The lowest BCUT2D eigenvalue weighted by Crippen LogP contribution is -2.34. The number of ether oxygens (including phenoxy) is 1. The second-order valence-corrected chi connectivity index (χ2v) is 7.21. The molecule has 0 spiro atoms. The molecule has 4 rings (SSSR count). The van der Waals surface area contributed by atoms with E-state index >= 15 is 0 Å². The minimum Gasteiger partial charge on any atom is -0.490 e. The molecule has 6 heteroatoms. The third-order valence-electron chi connectivity index (χ3n) is 5.14. The molecule has 26 heavy (non-hydrogen) atoms. The average molecular weight is 353 g/mol. The zero-order chi connectivity index (χ0) is 18.3. The number of carbonyl (C=O) groups excluding carboxylic acids is 1. The third-order valence-corrected chi connectivity index (χ3v) is 5.14. The number of rotatable bonds is 2. The Hall–Kier alpha value is -2.63. The highest BCUT2D eigenvalue weighted by atomic mass is 16.5. The van der Waals surface area contributed by atoms with E-state index in [4.69, 9.17) is 4.74 Å². The zero-order valence-electron chi connectivity index (χ0n) is 15.2. The van der Waals surface area contributed by atoms with Crippen molar-refractivity contribution in [2.45, 2.75) is 45.6 Å². The van der Waals surface area contributed by atoms with E-state index in [0.717, 1.165) is 29.0 Å². The number of benzene rings is 1. The van der Waals surface area contributed by atoms with Gasteiger partial charge in [-0.05, 0) is 37.5 Å². The number of aromatic nitrogens is 2. The molecule has 2 aliphatic rings. The van der Waals surface area contributed by atoms with E-state index in [1.165, 1.54) is 5.56 Å². The summed E-state index contributed by atoms with van der Waals surface area (Å²) in [6.07, 6.45) is 2.65. The van der Waals surface area contributed by atoms with Crippen LogP contribution in [0.25, 0.3) is 0 Å². The average Bonchev–Trinajstić information content (AvgIpc) is 2.81. The molecule has 3 heterocycles. The first-order valence-electron chi connectivity index (χ1n) is 9.14. The van der Waals surface area contributed by atoms with Crippen LogP contribution >= 0.6 is 0 Å². The summed E-state index contributed by atoms with van der Waals surface area (Å²) in [4.78, 5) is 34.0. The molecule has 1 aromatic carbocycles. The lowest BCUT2D eigenvalue weighted by molar-refractivity contribution is -0.130. The van der Waals surface area contributed by atoms with E-state index in [9.17, 15) is 9.59 Å². The number of hydrogen-bond donors (Lipinski definition) is 1. The molecule has 2 aliphatic heterocycles. The number of amides is 1. The van der Waals surface area contributed by atoms with Crippen molar-refractivity contribution in [3.05, 3.63) is 56.8 Å². The quantitative estimate of drug-likeness (QED) is 0.889. The van der Waals surface area contributed by atoms with E-state index in [0.29, 0.717) is 38.2 Å². The van der Waals surface area contributed by atoms with E-state index in [2.05, 4.69) is 23.0 Å². The molecule has 0 radical (unpaired) electrons. The van der Waals surface area contributed by atoms with Crippen molar-refractivity contribution in [3.8, 4) is 5.75 Å². The normalized spacial score (nSPS) is 18.7. The highest BCUT2D eigenvalue weighted by molar-refractivity contribution is 5.79. The second kappa shape index (κ2) is 6.59. The van der Waals surface area contributed by atoms with Gasteiger partial charge in [0.1, 0.15) is 17.7 Å². The fraction of sp³-hybridized carbons (Fsp3) is 0.450. The molecule has 0 saturated heterocycles. The largest absolute Gasteiger partial charge is 0.490 e. The molecule has 0 unspecified atom stereocenters. The van der Waals surface area contributed by atoms with E-state index < -0.39 is 0 Å². The molecule has 1 atom stereocenters. The van der Waals surface area contributed by atoms with Gasteiger partial charge in [-0.25, -0.2) is 4.98 Å². The number of nitrogens with zero attached hydrogens (tertiary/aromatic N) is 2. The first kappa shape index (κ1) is 16.8. The molecule has 6 nitrogen and oxygen atoms in total. The molecule has 1 amide bonds. The van der Waals surface area contributed by atoms with Gasteiger partial charge in [0.15, 0.2) is 0 Å². The summed E-state index contributed by atoms with van der Waals surface area (Å²) in [6.45, 7) is 5.00. The van der Waals surface area contributed by atoms with Crippen LogP contribution in [0.2, 0.25) is 0 Å². The standard InChI is InChI=1S/C20H23N3O3/c1-12-9-15-10-14(3-4-18(15)26-12)11-19(24)23-7-5-16-17(6-8-23)21-13(2)22-20(16)25/h3-4,10,12H,5-9,11H2,1-2H3,(H,21,22,25)/t12-/m0/s1. The number of fused-ring (bicyclic) bond motifs is 2. The SMILES string of the molecule is Cc1nc2c(c(=O)[nH]1)CCN(C(=O)Cc1ccc3c(c1)C[C@H](C)O3)CC2. The van der Waals surface area contributed by atoms with Gasteiger partial charge in [0.05, 0.1) is 12.1 Å². The van der Waals surface area contributed by atoms with Crippen LogP contribution in [0.3, 0.4) is 0 Å². The van der Waals surface area contributed by atoms with Gasteiger partial charge in [0, 0.05) is 31.5 Å². The highest BCUT2D eigenvalue weighted by Gasteiger charge is 2.23. The monoisotopic (exact) mass is 353 g/mol. The van der Waals surface area contributed by atoms with Crippen molar-refractivity contribution >= 4 is 5.91 Å². The Kier molecular flexibility index (Phi) is 4.26. The summed E-state index contributed by atoms with van der Waals surface area (Å²) < 4.78 is 5.72. The van der Waals surface area contributed by atoms with Gasteiger partial charge < -0.3 is 14.6 Å². The molecule has 1 aromatic heterocycles. The summed E-state index contributed by atoms with van der Waals surface area (Å²) in [5.74, 6) is 1.65. The van der Waals surface area contributed by atoms with Crippen molar-refractivity contribution < 1.29 is 9.53 Å². The number of H-pyrrole nitrogens is 1. The van der Waals surface area contributed by atoms with Gasteiger partial charge in [-0.15, -0.1) is 0 Å². The Morgan fingerprint density at radius 3 is 3.00 bits per heavy atom. The maximum absolute atomic E-state index is 12.8. The molecular weight excluding hydrogens is 330 g/mol. The van der Waals surface area contributed by atoms with Crippen LogP contribution in [0, 0.1) is 6.92 Å². The maximum Gasteiger partial charge on any atom is 0.254 e. The molecule has 0 saturated carbocycles. The molecule has 0 aliphatic carbocycles. The summed E-state index contributed by atoms with van der Waals surface area (Å²) in [5, 5.41) is 0. The minimum atomic E-state index is -0.0745. The van der Waals surface area contributed by atoms with Gasteiger partial charge in [0.25, 0.3) is 5.56 Å². The number of carbonyl (C=O) groups is 1. The maximum atomic E-state index is 12.8. The number of hydrogen-bond acceptors (Lipinski definition) is 4. The summed E-state index contributed by atoms with van der Waals surface area (Å²) in [5.41, 5.74) is 3.66. The van der Waals surface area contributed by atoms with Crippen molar-refractivity contribution in [3.63, 3.8) is 0 Å². The highest BCUT2D eigenvalue weighted by Crippen LogP contribution is 2.29.